The van der Waals surface area contributed by atoms with Crippen LogP contribution < -0.4 is 14.9 Å². The smallest absolute Gasteiger partial charge is 0.285 e. The van der Waals surface area contributed by atoms with Gasteiger partial charge in [-0.3, -0.25) is 15.0 Å². The molecule has 0 spiro atoms. The van der Waals surface area contributed by atoms with E-state index in [1.807, 2.05) is 43.3 Å². The molecule has 0 unspecified atom stereocenters. The Morgan fingerprint density at radius 1 is 1.06 bits per heavy atom. The molecular weight excluding hydrogens is 468 g/mol. The van der Waals surface area contributed by atoms with Crippen molar-refractivity contribution >= 4 is 46.2 Å². The third kappa shape index (κ3) is 5.47. The summed E-state index contributed by atoms with van der Waals surface area (Å²) in [7, 11) is 1.57. The summed E-state index contributed by atoms with van der Waals surface area (Å²) in [6.45, 7) is 2.45. The fraction of sp³-hybridized carbons (Fsp3) is 0.115. The van der Waals surface area contributed by atoms with Gasteiger partial charge in [0.05, 0.1) is 12.0 Å². The Labute approximate surface area is 207 Å². The topological polar surface area (TPSA) is 67.9 Å². The fourth-order valence-corrected chi connectivity index (χ4v) is 4.39. The van der Waals surface area contributed by atoms with E-state index >= 15 is 0 Å². The van der Waals surface area contributed by atoms with E-state index in [0.29, 0.717) is 28.6 Å². The van der Waals surface area contributed by atoms with Crippen molar-refractivity contribution in [3.05, 3.63) is 100.0 Å². The Hall–Kier alpha value is -3.62. The van der Waals surface area contributed by atoms with E-state index in [2.05, 4.69) is 5.43 Å². The van der Waals surface area contributed by atoms with Gasteiger partial charge in [-0.15, -0.1) is 0 Å². The second-order valence-electron chi connectivity index (χ2n) is 7.51. The highest BCUT2D eigenvalue weighted by Gasteiger charge is 2.33. The zero-order chi connectivity index (χ0) is 24.1. The molecule has 1 N–H and O–H groups in total. The zero-order valence-corrected chi connectivity index (χ0v) is 20.2. The molecule has 1 aliphatic heterocycles. The minimum Gasteiger partial charge on any atom is -0.493 e. The monoisotopic (exact) mass is 490 g/mol. The molecule has 1 aliphatic rings. The first-order valence-electron chi connectivity index (χ1n) is 10.4. The van der Waals surface area contributed by atoms with E-state index in [0.717, 1.165) is 27.9 Å². The maximum absolute atomic E-state index is 12.9. The lowest BCUT2D eigenvalue weighted by atomic mass is 10.1. The van der Waals surface area contributed by atoms with Gasteiger partial charge in [-0.05, 0) is 60.6 Å². The normalized spacial score (nSPS) is 14.4. The van der Waals surface area contributed by atoms with Crippen molar-refractivity contribution in [1.29, 1.82) is 0 Å². The van der Waals surface area contributed by atoms with Gasteiger partial charge in [0.15, 0.2) is 15.8 Å². The number of amides is 2. The number of carbonyl (C=O) groups is 2. The van der Waals surface area contributed by atoms with Gasteiger partial charge in [-0.1, -0.05) is 65.9 Å². The molecule has 0 aromatic heterocycles. The second-order valence-corrected chi connectivity index (χ2v) is 9.18. The number of rotatable bonds is 7. The van der Waals surface area contributed by atoms with Crippen LogP contribution in [0, 0.1) is 6.92 Å². The number of methoxy groups -OCH3 is 1. The van der Waals surface area contributed by atoms with Crippen LogP contribution in [0.3, 0.4) is 0 Å². The molecule has 1 fully saturated rings. The van der Waals surface area contributed by atoms with Crippen LogP contribution in [0.1, 0.15) is 27.0 Å². The lowest BCUT2D eigenvalue weighted by Gasteiger charge is -2.15. The number of nitrogens with zero attached hydrogens (tertiary/aromatic N) is 1. The number of hydrogen-bond acceptors (Lipinski definition) is 6. The first kappa shape index (κ1) is 23.5. The van der Waals surface area contributed by atoms with Crippen molar-refractivity contribution < 1.29 is 19.1 Å². The van der Waals surface area contributed by atoms with E-state index in [9.17, 15) is 9.59 Å². The van der Waals surface area contributed by atoms with Crippen molar-refractivity contribution in [3.63, 3.8) is 0 Å². The van der Waals surface area contributed by atoms with Crippen LogP contribution in [0.15, 0.2) is 77.7 Å². The summed E-state index contributed by atoms with van der Waals surface area (Å²) in [6, 6.07) is 22.2. The molecule has 4 rings (SSSR count). The Morgan fingerprint density at radius 2 is 1.79 bits per heavy atom. The first-order valence-corrected chi connectivity index (χ1v) is 11.7. The molecule has 0 bridgehead atoms. The number of benzene rings is 3. The predicted octanol–water partition coefficient (Wildman–Crippen LogP) is 5.13. The average Bonchev–Trinajstić information content (AvgIpc) is 3.11. The third-order valence-corrected chi connectivity index (χ3v) is 6.35. The van der Waals surface area contributed by atoms with E-state index in [1.165, 1.54) is 5.56 Å². The molecule has 3 aromatic carbocycles. The van der Waals surface area contributed by atoms with Gasteiger partial charge in [0, 0.05) is 5.56 Å². The molecule has 0 radical (unpaired) electrons. The Morgan fingerprint density at radius 3 is 2.50 bits per heavy atom. The summed E-state index contributed by atoms with van der Waals surface area (Å²) in [4.78, 5) is 25.7. The minimum absolute atomic E-state index is 0.255. The summed E-state index contributed by atoms with van der Waals surface area (Å²) in [5.74, 6) is 0.351. The molecule has 2 amide bonds. The number of hydrazine groups is 1. The lowest BCUT2D eigenvalue weighted by Crippen LogP contribution is -2.44. The van der Waals surface area contributed by atoms with Gasteiger partial charge in [0.2, 0.25) is 0 Å². The molecule has 1 saturated heterocycles. The molecule has 172 valence electrons. The summed E-state index contributed by atoms with van der Waals surface area (Å²) in [5, 5.41) is 1.09. The summed E-state index contributed by atoms with van der Waals surface area (Å²) < 4.78 is 11.7. The molecule has 0 saturated carbocycles. The predicted molar refractivity (Wildman–Crippen MR) is 137 cm³/mol. The van der Waals surface area contributed by atoms with Gasteiger partial charge >= 0.3 is 0 Å². The van der Waals surface area contributed by atoms with Crippen molar-refractivity contribution in [2.45, 2.75) is 13.5 Å². The summed E-state index contributed by atoms with van der Waals surface area (Å²) in [6.07, 6.45) is 1.71. The number of thioether (sulfide) groups is 1. The Balaban J connectivity index is 1.46. The number of thiocarbonyl (C=S) groups is 1. The van der Waals surface area contributed by atoms with Crippen molar-refractivity contribution in [2.24, 2.45) is 0 Å². The van der Waals surface area contributed by atoms with Gasteiger partial charge in [-0.2, -0.15) is 5.01 Å². The second kappa shape index (κ2) is 10.5. The average molecular weight is 491 g/mol. The number of carbonyl (C=O) groups excluding carboxylic acids is 2. The number of ether oxygens (including phenoxy) is 2. The van der Waals surface area contributed by atoms with Crippen LogP contribution in [-0.2, 0) is 11.4 Å². The van der Waals surface area contributed by atoms with E-state index in [4.69, 9.17) is 21.7 Å². The van der Waals surface area contributed by atoms with Crippen LogP contribution in [0.5, 0.6) is 11.5 Å². The van der Waals surface area contributed by atoms with E-state index in [-0.39, 0.29) is 4.32 Å². The van der Waals surface area contributed by atoms with Crippen molar-refractivity contribution in [2.75, 3.05) is 7.11 Å². The third-order valence-electron chi connectivity index (χ3n) is 5.04. The maximum atomic E-state index is 12.9. The molecular formula is C26H22N2O4S2. The van der Waals surface area contributed by atoms with Gasteiger partial charge in [0.25, 0.3) is 11.8 Å². The summed E-state index contributed by atoms with van der Waals surface area (Å²) >= 11 is 6.43. The van der Waals surface area contributed by atoms with Crippen LogP contribution >= 0.6 is 24.0 Å². The van der Waals surface area contributed by atoms with Gasteiger partial charge < -0.3 is 9.47 Å². The molecule has 34 heavy (non-hydrogen) atoms. The van der Waals surface area contributed by atoms with E-state index in [1.54, 1.807) is 49.6 Å². The lowest BCUT2D eigenvalue weighted by molar-refractivity contribution is -0.123. The van der Waals surface area contributed by atoms with Crippen molar-refractivity contribution in [1.82, 2.24) is 10.4 Å². The first-order chi connectivity index (χ1) is 16.4. The maximum Gasteiger partial charge on any atom is 0.285 e. The highest BCUT2D eigenvalue weighted by Crippen LogP contribution is 2.34. The highest BCUT2D eigenvalue weighted by molar-refractivity contribution is 8.26. The molecule has 3 aromatic rings. The fourth-order valence-electron chi connectivity index (χ4n) is 3.21. The minimum atomic E-state index is -0.408. The molecule has 1 heterocycles. The Kier molecular flexibility index (Phi) is 7.30. The number of nitrogens with one attached hydrogen (secondary N) is 1. The SMILES string of the molecule is COc1cc(/C=C2\SC(=S)N(NC(=O)c3ccccc3)C2=O)ccc1OCc1ccc(C)cc1. The van der Waals surface area contributed by atoms with Crippen LogP contribution in [0.25, 0.3) is 6.08 Å². The van der Waals surface area contributed by atoms with E-state index < -0.39 is 11.8 Å². The Bertz CT molecular complexity index is 1260. The molecule has 6 nitrogen and oxygen atoms in total. The number of hydrogen-bond donors (Lipinski definition) is 1. The van der Waals surface area contributed by atoms with Crippen LogP contribution in [0.4, 0.5) is 0 Å². The van der Waals surface area contributed by atoms with Crippen molar-refractivity contribution in [3.8, 4) is 11.5 Å². The molecule has 8 heteroatoms. The van der Waals surface area contributed by atoms with Crippen LogP contribution in [0.2, 0.25) is 0 Å². The number of aryl methyl sites for hydroxylation is 1. The highest BCUT2D eigenvalue weighted by atomic mass is 32.2. The quantitative estimate of drug-likeness (QED) is 0.366. The van der Waals surface area contributed by atoms with Gasteiger partial charge in [-0.25, -0.2) is 0 Å². The molecule has 0 atom stereocenters. The standard InChI is InChI=1S/C26H22N2O4S2/c1-17-8-10-18(11-9-17)16-32-21-13-12-19(14-22(21)31-2)15-23-25(30)28(26(33)34-23)27-24(29)20-6-4-3-5-7-20/h3-15H,16H2,1-2H3,(H,27,29)/b23-15-. The van der Waals surface area contributed by atoms with Gasteiger partial charge in [0.1, 0.15) is 6.61 Å². The molecule has 0 aliphatic carbocycles. The summed E-state index contributed by atoms with van der Waals surface area (Å²) in [5.41, 5.74) is 6.00. The largest absolute Gasteiger partial charge is 0.493 e. The zero-order valence-electron chi connectivity index (χ0n) is 18.6. The van der Waals surface area contributed by atoms with Crippen LogP contribution in [-0.4, -0.2) is 28.3 Å².